The molecule has 3 nitrogen and oxygen atoms in total. The Morgan fingerprint density at radius 2 is 2.00 bits per heavy atom. The maximum atomic E-state index is 10.3. The average Bonchev–Trinajstić information content (AvgIpc) is 1.99. The third-order valence-corrected chi connectivity index (χ3v) is 1.77. The van der Waals surface area contributed by atoms with Gasteiger partial charge in [-0.25, -0.2) is 0 Å². The number of nitrogen functional groups attached to an aromatic ring is 1. The Hall–Kier alpha value is -1.38. The van der Waals surface area contributed by atoms with E-state index >= 15 is 0 Å². The van der Waals surface area contributed by atoms with Crippen LogP contribution in [-0.4, -0.2) is 0 Å². The molecular weight excluding hydrogens is 140 g/mol. The van der Waals surface area contributed by atoms with Crippen LogP contribution in [0, 0.1) is 18.8 Å². The SMILES string of the molecule is Cc1ccc(N)c(C)c1N=O. The van der Waals surface area contributed by atoms with Crippen molar-refractivity contribution in [1.29, 1.82) is 0 Å². The lowest BCUT2D eigenvalue weighted by Gasteiger charge is -2.03. The van der Waals surface area contributed by atoms with E-state index in [1.54, 1.807) is 19.1 Å². The molecule has 0 amide bonds. The molecule has 0 saturated heterocycles. The molecule has 0 aromatic heterocycles. The summed E-state index contributed by atoms with van der Waals surface area (Å²) in [7, 11) is 0. The minimum Gasteiger partial charge on any atom is -0.398 e. The Morgan fingerprint density at radius 3 is 2.45 bits per heavy atom. The van der Waals surface area contributed by atoms with E-state index in [2.05, 4.69) is 5.18 Å². The second-order valence-electron chi connectivity index (χ2n) is 2.54. The zero-order chi connectivity index (χ0) is 8.43. The Labute approximate surface area is 65.2 Å². The number of aryl methyl sites for hydroxylation is 1. The van der Waals surface area contributed by atoms with Gasteiger partial charge in [-0.05, 0) is 30.7 Å². The minimum atomic E-state index is 0.463. The molecule has 58 valence electrons. The van der Waals surface area contributed by atoms with Crippen LogP contribution in [0.1, 0.15) is 11.1 Å². The normalized spacial score (nSPS) is 9.64. The van der Waals surface area contributed by atoms with E-state index in [0.717, 1.165) is 11.1 Å². The van der Waals surface area contributed by atoms with Crippen LogP contribution < -0.4 is 5.73 Å². The van der Waals surface area contributed by atoms with Crippen molar-refractivity contribution in [2.45, 2.75) is 13.8 Å². The molecule has 2 N–H and O–H groups in total. The molecule has 0 aliphatic heterocycles. The summed E-state index contributed by atoms with van der Waals surface area (Å²) in [5, 5.41) is 2.90. The summed E-state index contributed by atoms with van der Waals surface area (Å²) in [4.78, 5) is 10.3. The van der Waals surface area contributed by atoms with Gasteiger partial charge >= 0.3 is 0 Å². The second kappa shape index (κ2) is 2.70. The maximum absolute atomic E-state index is 10.3. The minimum absolute atomic E-state index is 0.463. The third-order valence-electron chi connectivity index (χ3n) is 1.77. The van der Waals surface area contributed by atoms with Crippen molar-refractivity contribution < 1.29 is 0 Å². The molecule has 0 fully saturated rings. The predicted octanol–water partition coefficient (Wildman–Crippen LogP) is 2.28. The Bertz CT molecular complexity index is 294. The van der Waals surface area contributed by atoms with Crippen molar-refractivity contribution >= 4 is 11.4 Å². The molecule has 0 aliphatic carbocycles. The van der Waals surface area contributed by atoms with Crippen molar-refractivity contribution in [2.75, 3.05) is 5.73 Å². The highest BCUT2D eigenvalue weighted by molar-refractivity contribution is 5.63. The van der Waals surface area contributed by atoms with Crippen LogP contribution in [0.2, 0.25) is 0 Å². The summed E-state index contributed by atoms with van der Waals surface area (Å²) in [5.41, 5.74) is 8.28. The Balaban J connectivity index is 3.40. The lowest BCUT2D eigenvalue weighted by Crippen LogP contribution is -1.90. The van der Waals surface area contributed by atoms with E-state index in [1.165, 1.54) is 0 Å². The number of anilines is 1. The molecule has 0 saturated carbocycles. The lowest BCUT2D eigenvalue weighted by molar-refractivity contribution is 1.32. The number of hydrogen-bond acceptors (Lipinski definition) is 3. The third kappa shape index (κ3) is 1.22. The highest BCUT2D eigenvalue weighted by Gasteiger charge is 2.04. The summed E-state index contributed by atoms with van der Waals surface area (Å²) in [6, 6.07) is 3.57. The fraction of sp³-hybridized carbons (Fsp3) is 0.250. The van der Waals surface area contributed by atoms with Crippen molar-refractivity contribution in [2.24, 2.45) is 5.18 Å². The van der Waals surface area contributed by atoms with Gasteiger partial charge in [0, 0.05) is 11.3 Å². The van der Waals surface area contributed by atoms with Gasteiger partial charge in [0.15, 0.2) is 0 Å². The monoisotopic (exact) mass is 150 g/mol. The molecule has 3 heteroatoms. The van der Waals surface area contributed by atoms with E-state index in [4.69, 9.17) is 5.73 Å². The maximum Gasteiger partial charge on any atom is 0.115 e. The van der Waals surface area contributed by atoms with Crippen molar-refractivity contribution in [1.82, 2.24) is 0 Å². The van der Waals surface area contributed by atoms with Gasteiger partial charge in [0.05, 0.1) is 0 Å². The fourth-order valence-electron chi connectivity index (χ4n) is 0.992. The molecule has 1 aromatic carbocycles. The molecule has 0 spiro atoms. The Morgan fingerprint density at radius 1 is 1.36 bits per heavy atom. The molecule has 11 heavy (non-hydrogen) atoms. The van der Waals surface area contributed by atoms with Crippen LogP contribution >= 0.6 is 0 Å². The molecule has 0 aliphatic rings. The van der Waals surface area contributed by atoms with E-state index in [1.807, 2.05) is 6.92 Å². The van der Waals surface area contributed by atoms with Gasteiger partial charge in [0.2, 0.25) is 0 Å². The summed E-state index contributed by atoms with van der Waals surface area (Å²) < 4.78 is 0. The molecule has 1 rings (SSSR count). The van der Waals surface area contributed by atoms with Crippen LogP contribution in [0.25, 0.3) is 0 Å². The first-order valence-corrected chi connectivity index (χ1v) is 3.36. The molecule has 0 heterocycles. The molecule has 0 unspecified atom stereocenters. The van der Waals surface area contributed by atoms with Gasteiger partial charge in [-0.1, -0.05) is 6.07 Å². The molecule has 0 radical (unpaired) electrons. The van der Waals surface area contributed by atoms with E-state index in [0.29, 0.717) is 11.4 Å². The summed E-state index contributed by atoms with van der Waals surface area (Å²) in [6.07, 6.45) is 0. The smallest absolute Gasteiger partial charge is 0.115 e. The number of benzene rings is 1. The van der Waals surface area contributed by atoms with Crippen LogP contribution in [0.3, 0.4) is 0 Å². The van der Waals surface area contributed by atoms with Crippen molar-refractivity contribution in [3.63, 3.8) is 0 Å². The summed E-state index contributed by atoms with van der Waals surface area (Å²) >= 11 is 0. The Kier molecular flexibility index (Phi) is 1.89. The zero-order valence-electron chi connectivity index (χ0n) is 6.59. The largest absolute Gasteiger partial charge is 0.398 e. The zero-order valence-corrected chi connectivity index (χ0v) is 6.59. The van der Waals surface area contributed by atoms with Gasteiger partial charge in [-0.3, -0.25) is 0 Å². The van der Waals surface area contributed by atoms with Crippen molar-refractivity contribution in [3.8, 4) is 0 Å². The standard InChI is InChI=1S/C8H10N2O/c1-5-3-4-7(9)6(2)8(5)10-11/h3-4H,9H2,1-2H3. The predicted molar refractivity (Wildman–Crippen MR) is 45.8 cm³/mol. The first-order chi connectivity index (χ1) is 5.16. The topological polar surface area (TPSA) is 55.4 Å². The van der Waals surface area contributed by atoms with Gasteiger partial charge in [0.1, 0.15) is 5.69 Å². The van der Waals surface area contributed by atoms with Crippen LogP contribution in [0.15, 0.2) is 17.3 Å². The lowest BCUT2D eigenvalue weighted by atomic mass is 10.1. The molecule has 0 atom stereocenters. The molecule has 0 bridgehead atoms. The quantitative estimate of drug-likeness (QED) is 0.493. The first-order valence-electron chi connectivity index (χ1n) is 3.36. The van der Waals surface area contributed by atoms with E-state index in [9.17, 15) is 4.91 Å². The number of nitrogens with zero attached hydrogens (tertiary/aromatic N) is 1. The van der Waals surface area contributed by atoms with Crippen molar-refractivity contribution in [3.05, 3.63) is 28.2 Å². The highest BCUT2D eigenvalue weighted by atomic mass is 16.3. The van der Waals surface area contributed by atoms with E-state index in [-0.39, 0.29) is 0 Å². The average molecular weight is 150 g/mol. The van der Waals surface area contributed by atoms with E-state index < -0.39 is 0 Å². The second-order valence-corrected chi connectivity index (χ2v) is 2.54. The van der Waals surface area contributed by atoms with Gasteiger partial charge in [0.25, 0.3) is 0 Å². The molecule has 1 aromatic rings. The number of nitrogens with two attached hydrogens (primary N) is 1. The molecular formula is C8H10N2O. The highest BCUT2D eigenvalue weighted by Crippen LogP contribution is 2.27. The van der Waals surface area contributed by atoms with Gasteiger partial charge in [-0.2, -0.15) is 0 Å². The summed E-state index contributed by atoms with van der Waals surface area (Å²) in [5.74, 6) is 0. The number of rotatable bonds is 1. The van der Waals surface area contributed by atoms with Gasteiger partial charge in [-0.15, -0.1) is 4.91 Å². The van der Waals surface area contributed by atoms with Crippen LogP contribution in [0.4, 0.5) is 11.4 Å². The van der Waals surface area contributed by atoms with Gasteiger partial charge < -0.3 is 5.73 Å². The summed E-state index contributed by atoms with van der Waals surface area (Å²) in [6.45, 7) is 3.63. The fourth-order valence-corrected chi connectivity index (χ4v) is 0.992. The first kappa shape index (κ1) is 7.72. The number of hydrogen-bond donors (Lipinski definition) is 1. The van der Waals surface area contributed by atoms with Crippen LogP contribution in [0.5, 0.6) is 0 Å². The van der Waals surface area contributed by atoms with Crippen LogP contribution in [-0.2, 0) is 0 Å². The number of nitroso groups, excluding NO2 is 1.